The number of aryl methyl sites for hydroxylation is 1. The first kappa shape index (κ1) is 8.91. The molecule has 1 atom stereocenters. The lowest BCUT2D eigenvalue weighted by Crippen LogP contribution is -1.98. The number of ketones is 1. The largest absolute Gasteiger partial charge is 0.373 e. The van der Waals surface area contributed by atoms with Crippen LogP contribution in [-0.2, 0) is 4.74 Å². The monoisotopic (exact) mass is 196 g/mol. The van der Waals surface area contributed by atoms with Crippen molar-refractivity contribution in [3.05, 3.63) is 21.9 Å². The summed E-state index contributed by atoms with van der Waals surface area (Å²) < 4.78 is 5.05. The number of carbonyl (C=O) groups excluding carboxylic acids is 1. The summed E-state index contributed by atoms with van der Waals surface area (Å²) >= 11 is 1.58. The fourth-order valence-electron chi connectivity index (χ4n) is 1.23. The fraction of sp³-hybridized carbons (Fsp3) is 0.500. The third-order valence-corrected chi connectivity index (χ3v) is 3.15. The molecule has 1 aliphatic heterocycles. The smallest absolute Gasteiger partial charge is 0.172 e. The quantitative estimate of drug-likeness (QED) is 0.546. The highest BCUT2D eigenvalue weighted by Gasteiger charge is 2.23. The van der Waals surface area contributed by atoms with Gasteiger partial charge in [0, 0.05) is 11.3 Å². The van der Waals surface area contributed by atoms with Gasteiger partial charge in [0.25, 0.3) is 0 Å². The van der Waals surface area contributed by atoms with Crippen LogP contribution < -0.4 is 0 Å². The van der Waals surface area contributed by atoms with Gasteiger partial charge in [-0.3, -0.25) is 4.79 Å². The molecule has 1 aromatic rings. The van der Waals surface area contributed by atoms with E-state index in [0.29, 0.717) is 12.5 Å². The van der Waals surface area contributed by atoms with Crippen LogP contribution in [0.25, 0.3) is 0 Å². The van der Waals surface area contributed by atoms with Gasteiger partial charge in [0.1, 0.15) is 0 Å². The molecule has 0 aromatic carbocycles. The van der Waals surface area contributed by atoms with E-state index in [9.17, 15) is 4.79 Å². The van der Waals surface area contributed by atoms with Gasteiger partial charge in [0.2, 0.25) is 0 Å². The minimum absolute atomic E-state index is 0.258. The number of epoxide rings is 1. The van der Waals surface area contributed by atoms with Gasteiger partial charge in [0.05, 0.1) is 17.6 Å². The summed E-state index contributed by atoms with van der Waals surface area (Å²) in [5.74, 6) is 0.258. The van der Waals surface area contributed by atoms with Crippen LogP contribution in [0.1, 0.15) is 27.4 Å². The lowest BCUT2D eigenvalue weighted by atomic mass is 10.1. The number of hydrogen-bond donors (Lipinski definition) is 0. The maximum Gasteiger partial charge on any atom is 0.172 e. The number of ether oxygens (including phenoxy) is 1. The van der Waals surface area contributed by atoms with Gasteiger partial charge in [0.15, 0.2) is 5.78 Å². The molecule has 0 N–H and O–H groups in total. The molecule has 0 aliphatic carbocycles. The van der Waals surface area contributed by atoms with Crippen LogP contribution in [0.3, 0.4) is 0 Å². The normalized spacial score (nSPS) is 20.2. The molecule has 13 heavy (non-hydrogen) atoms. The van der Waals surface area contributed by atoms with Gasteiger partial charge >= 0.3 is 0 Å². The third kappa shape index (κ3) is 2.39. The Morgan fingerprint density at radius 3 is 3.00 bits per heavy atom. The zero-order valence-electron chi connectivity index (χ0n) is 7.58. The molecule has 0 bridgehead atoms. The van der Waals surface area contributed by atoms with E-state index >= 15 is 0 Å². The molecule has 0 amide bonds. The van der Waals surface area contributed by atoms with Crippen molar-refractivity contribution in [3.8, 4) is 0 Å². The number of Topliss-reactive ketones (excluding diaryl/α,β-unsaturated/α-hetero) is 1. The van der Waals surface area contributed by atoms with E-state index in [1.54, 1.807) is 11.3 Å². The minimum Gasteiger partial charge on any atom is -0.373 e. The predicted molar refractivity (Wildman–Crippen MR) is 52.4 cm³/mol. The molecule has 0 saturated carbocycles. The zero-order chi connectivity index (χ0) is 9.26. The Bertz CT molecular complexity index is 312. The van der Waals surface area contributed by atoms with Crippen LogP contribution in [0, 0.1) is 6.92 Å². The Kier molecular flexibility index (Phi) is 2.47. The third-order valence-electron chi connectivity index (χ3n) is 2.11. The summed E-state index contributed by atoms with van der Waals surface area (Å²) in [5, 5.41) is 0. The number of rotatable bonds is 4. The molecule has 0 radical (unpaired) electrons. The Morgan fingerprint density at radius 2 is 2.46 bits per heavy atom. The van der Waals surface area contributed by atoms with Gasteiger partial charge in [-0.15, -0.1) is 11.3 Å². The fourth-order valence-corrected chi connectivity index (χ4v) is 2.07. The van der Waals surface area contributed by atoms with Crippen LogP contribution in [-0.4, -0.2) is 18.5 Å². The molecular formula is C10H12O2S. The average Bonchev–Trinajstić information content (AvgIpc) is 2.84. The first-order valence-corrected chi connectivity index (χ1v) is 5.28. The molecule has 1 saturated heterocycles. The van der Waals surface area contributed by atoms with Crippen molar-refractivity contribution < 1.29 is 9.53 Å². The first-order chi connectivity index (χ1) is 6.25. The standard InChI is InChI=1S/C10H12O2S/c1-7-2-5-10(13-7)9(11)4-3-8-6-12-8/h2,5,8H,3-4,6H2,1H3/t8-/m0/s1. The summed E-state index contributed by atoms with van der Waals surface area (Å²) in [4.78, 5) is 13.6. The molecule has 0 spiro atoms. The van der Waals surface area contributed by atoms with Crippen molar-refractivity contribution in [2.75, 3.05) is 6.61 Å². The van der Waals surface area contributed by atoms with Gasteiger partial charge < -0.3 is 4.74 Å². The second kappa shape index (κ2) is 3.60. The molecule has 1 fully saturated rings. The average molecular weight is 196 g/mol. The predicted octanol–water partition coefficient (Wildman–Crippen LogP) is 2.42. The van der Waals surface area contributed by atoms with Crippen LogP contribution in [0.4, 0.5) is 0 Å². The topological polar surface area (TPSA) is 29.6 Å². The molecule has 0 unspecified atom stereocenters. The van der Waals surface area contributed by atoms with E-state index in [0.717, 1.165) is 17.9 Å². The molecule has 2 heterocycles. The number of carbonyl (C=O) groups is 1. The van der Waals surface area contributed by atoms with E-state index in [1.165, 1.54) is 4.88 Å². The molecular weight excluding hydrogens is 184 g/mol. The first-order valence-electron chi connectivity index (χ1n) is 4.47. The summed E-state index contributed by atoms with van der Waals surface area (Å²) in [6, 6.07) is 3.90. The highest BCUT2D eigenvalue weighted by atomic mass is 32.1. The number of hydrogen-bond acceptors (Lipinski definition) is 3. The lowest BCUT2D eigenvalue weighted by molar-refractivity contribution is 0.0980. The molecule has 3 heteroatoms. The molecule has 1 aromatic heterocycles. The van der Waals surface area contributed by atoms with E-state index in [-0.39, 0.29) is 5.78 Å². The summed E-state index contributed by atoms with van der Waals surface area (Å²) in [7, 11) is 0. The van der Waals surface area contributed by atoms with Gasteiger partial charge in [-0.25, -0.2) is 0 Å². The van der Waals surface area contributed by atoms with E-state index in [4.69, 9.17) is 4.74 Å². The second-order valence-electron chi connectivity index (χ2n) is 3.33. The summed E-state index contributed by atoms with van der Waals surface area (Å²) in [6.45, 7) is 2.86. The Morgan fingerprint density at radius 1 is 1.69 bits per heavy atom. The Hall–Kier alpha value is -0.670. The van der Waals surface area contributed by atoms with Crippen LogP contribution >= 0.6 is 11.3 Å². The maximum absolute atomic E-state index is 11.5. The lowest BCUT2D eigenvalue weighted by Gasteiger charge is -1.93. The van der Waals surface area contributed by atoms with E-state index in [2.05, 4.69) is 0 Å². The molecule has 2 rings (SSSR count). The van der Waals surface area contributed by atoms with Crippen LogP contribution in [0.5, 0.6) is 0 Å². The van der Waals surface area contributed by atoms with Gasteiger partial charge in [-0.2, -0.15) is 0 Å². The van der Waals surface area contributed by atoms with E-state index in [1.807, 2.05) is 19.1 Å². The van der Waals surface area contributed by atoms with Crippen LogP contribution in [0.15, 0.2) is 12.1 Å². The minimum atomic E-state index is 0.258. The highest BCUT2D eigenvalue weighted by Crippen LogP contribution is 2.21. The van der Waals surface area contributed by atoms with Crippen molar-refractivity contribution in [2.45, 2.75) is 25.9 Å². The molecule has 2 nitrogen and oxygen atoms in total. The molecule has 70 valence electrons. The second-order valence-corrected chi connectivity index (χ2v) is 4.62. The highest BCUT2D eigenvalue weighted by molar-refractivity contribution is 7.14. The van der Waals surface area contributed by atoms with Crippen molar-refractivity contribution in [1.29, 1.82) is 0 Å². The SMILES string of the molecule is Cc1ccc(C(=O)CC[C@H]2CO2)s1. The van der Waals surface area contributed by atoms with Crippen molar-refractivity contribution >= 4 is 17.1 Å². The van der Waals surface area contributed by atoms with Crippen molar-refractivity contribution in [3.63, 3.8) is 0 Å². The van der Waals surface area contributed by atoms with Crippen molar-refractivity contribution in [2.24, 2.45) is 0 Å². The summed E-state index contributed by atoms with van der Waals surface area (Å²) in [6.07, 6.45) is 1.88. The van der Waals surface area contributed by atoms with Gasteiger partial charge in [-0.05, 0) is 25.5 Å². The van der Waals surface area contributed by atoms with Gasteiger partial charge in [-0.1, -0.05) is 0 Å². The zero-order valence-corrected chi connectivity index (χ0v) is 8.39. The Balaban J connectivity index is 1.88. The van der Waals surface area contributed by atoms with E-state index < -0.39 is 0 Å². The number of thiophene rings is 1. The molecule has 1 aliphatic rings. The maximum atomic E-state index is 11.5. The Labute approximate surface area is 81.5 Å². The summed E-state index contributed by atoms with van der Waals surface area (Å²) in [5.41, 5.74) is 0. The van der Waals surface area contributed by atoms with Crippen molar-refractivity contribution in [1.82, 2.24) is 0 Å². The van der Waals surface area contributed by atoms with Crippen LogP contribution in [0.2, 0.25) is 0 Å².